The fraction of sp³-hybridized carbons (Fsp3) is 0.562. The molecule has 1 unspecified atom stereocenters. The van der Waals surface area contributed by atoms with E-state index in [9.17, 15) is 4.79 Å². The minimum absolute atomic E-state index is 0.0857. The minimum Gasteiger partial charge on any atom is -0.383 e. The van der Waals surface area contributed by atoms with Gasteiger partial charge in [-0.25, -0.2) is 0 Å². The zero-order valence-electron chi connectivity index (χ0n) is 12.1. The van der Waals surface area contributed by atoms with E-state index in [4.69, 9.17) is 16.3 Å². The first-order chi connectivity index (χ1) is 9.67. The van der Waals surface area contributed by atoms with Crippen LogP contribution in [0.2, 0.25) is 0 Å². The third-order valence-electron chi connectivity index (χ3n) is 3.95. The van der Waals surface area contributed by atoms with Crippen LogP contribution in [-0.2, 0) is 10.6 Å². The van der Waals surface area contributed by atoms with Crippen LogP contribution in [0.3, 0.4) is 0 Å². The summed E-state index contributed by atoms with van der Waals surface area (Å²) in [6, 6.07) is 7.83. The van der Waals surface area contributed by atoms with Crippen LogP contribution >= 0.6 is 11.6 Å². The van der Waals surface area contributed by atoms with Gasteiger partial charge in [-0.3, -0.25) is 4.79 Å². The van der Waals surface area contributed by atoms with E-state index in [1.807, 2.05) is 29.2 Å². The number of rotatable bonds is 7. The maximum atomic E-state index is 12.7. The van der Waals surface area contributed by atoms with Crippen LogP contribution in [0, 0.1) is 5.92 Å². The molecule has 20 heavy (non-hydrogen) atoms. The lowest BCUT2D eigenvalue weighted by Gasteiger charge is -2.29. The zero-order chi connectivity index (χ0) is 14.5. The van der Waals surface area contributed by atoms with Crippen LogP contribution in [0.5, 0.6) is 0 Å². The first kappa shape index (κ1) is 15.3. The van der Waals surface area contributed by atoms with Crippen molar-refractivity contribution in [2.45, 2.75) is 31.7 Å². The lowest BCUT2D eigenvalue weighted by Crippen LogP contribution is -2.42. The predicted octanol–water partition coefficient (Wildman–Crippen LogP) is 3.31. The Hall–Kier alpha value is -1.06. The van der Waals surface area contributed by atoms with Gasteiger partial charge in [0.15, 0.2) is 0 Å². The Labute approximate surface area is 125 Å². The topological polar surface area (TPSA) is 29.5 Å². The molecule has 0 aliphatic heterocycles. The summed E-state index contributed by atoms with van der Waals surface area (Å²) in [7, 11) is 1.67. The quantitative estimate of drug-likeness (QED) is 0.722. The fourth-order valence-electron chi connectivity index (χ4n) is 2.42. The molecule has 0 aromatic heterocycles. The maximum absolute atomic E-state index is 12.7. The summed E-state index contributed by atoms with van der Waals surface area (Å²) < 4.78 is 5.13. The van der Waals surface area contributed by atoms with Crippen molar-refractivity contribution in [1.82, 2.24) is 4.90 Å². The van der Waals surface area contributed by atoms with Gasteiger partial charge >= 0.3 is 0 Å². The summed E-state index contributed by atoms with van der Waals surface area (Å²) in [6.45, 7) is 3.35. The summed E-state index contributed by atoms with van der Waals surface area (Å²) >= 11 is 5.78. The van der Waals surface area contributed by atoms with Gasteiger partial charge in [0.1, 0.15) is 0 Å². The lowest BCUT2D eigenvalue weighted by molar-refractivity contribution is 0.0594. The molecule has 0 N–H and O–H groups in total. The molecule has 0 saturated heterocycles. The molecular weight excluding hydrogens is 274 g/mol. The van der Waals surface area contributed by atoms with Crippen LogP contribution in [0.15, 0.2) is 24.3 Å². The van der Waals surface area contributed by atoms with Gasteiger partial charge in [0, 0.05) is 31.1 Å². The van der Waals surface area contributed by atoms with Crippen molar-refractivity contribution in [3.8, 4) is 0 Å². The highest BCUT2D eigenvalue weighted by atomic mass is 35.5. The van der Waals surface area contributed by atoms with Crippen LogP contribution < -0.4 is 0 Å². The number of carbonyl (C=O) groups is 1. The number of halogens is 1. The Morgan fingerprint density at radius 3 is 2.55 bits per heavy atom. The predicted molar refractivity (Wildman–Crippen MR) is 81.1 cm³/mol. The van der Waals surface area contributed by atoms with E-state index in [2.05, 4.69) is 6.92 Å². The summed E-state index contributed by atoms with van der Waals surface area (Å²) in [6.07, 6.45) is 2.45. The molecule has 3 nitrogen and oxygen atoms in total. The molecule has 0 radical (unpaired) electrons. The van der Waals surface area contributed by atoms with Crippen molar-refractivity contribution in [3.05, 3.63) is 35.4 Å². The number of carbonyl (C=O) groups excluding carboxylic acids is 1. The molecule has 110 valence electrons. The third kappa shape index (κ3) is 3.74. The SMILES string of the molecule is COCCN(C(=O)c1ccc(CCl)cc1)C(C)C1CC1. The minimum atomic E-state index is 0.0857. The van der Waals surface area contributed by atoms with Crippen molar-refractivity contribution >= 4 is 17.5 Å². The monoisotopic (exact) mass is 295 g/mol. The highest BCUT2D eigenvalue weighted by Gasteiger charge is 2.34. The molecule has 1 amide bonds. The normalized spacial score (nSPS) is 15.9. The first-order valence-electron chi connectivity index (χ1n) is 7.12. The smallest absolute Gasteiger partial charge is 0.254 e. The van der Waals surface area contributed by atoms with Crippen molar-refractivity contribution in [3.63, 3.8) is 0 Å². The number of hydrogen-bond acceptors (Lipinski definition) is 2. The van der Waals surface area contributed by atoms with Crippen LogP contribution in [0.25, 0.3) is 0 Å². The van der Waals surface area contributed by atoms with E-state index in [0.29, 0.717) is 24.9 Å². The van der Waals surface area contributed by atoms with Gasteiger partial charge < -0.3 is 9.64 Å². The molecule has 0 bridgehead atoms. The summed E-state index contributed by atoms with van der Waals surface area (Å²) in [5.74, 6) is 1.21. The highest BCUT2D eigenvalue weighted by molar-refractivity contribution is 6.17. The Bertz CT molecular complexity index is 442. The summed E-state index contributed by atoms with van der Waals surface area (Å²) in [5, 5.41) is 0. The molecule has 1 aromatic rings. The molecule has 1 aliphatic carbocycles. The standard InChI is InChI=1S/C16H22ClNO2/c1-12(14-7-8-14)18(9-10-20-2)16(19)15-5-3-13(11-17)4-6-15/h3-6,12,14H,7-11H2,1-2H3. The van der Waals surface area contributed by atoms with Crippen molar-refractivity contribution in [1.29, 1.82) is 0 Å². The zero-order valence-corrected chi connectivity index (χ0v) is 12.9. The summed E-state index contributed by atoms with van der Waals surface area (Å²) in [4.78, 5) is 14.6. The molecule has 1 aromatic carbocycles. The number of benzene rings is 1. The van der Waals surface area contributed by atoms with Gasteiger partial charge in [-0.2, -0.15) is 0 Å². The van der Waals surface area contributed by atoms with E-state index >= 15 is 0 Å². The Kier molecular flexibility index (Phi) is 5.44. The summed E-state index contributed by atoms with van der Waals surface area (Å²) in [5.41, 5.74) is 1.75. The molecule has 0 heterocycles. The van der Waals surface area contributed by atoms with E-state index < -0.39 is 0 Å². The number of nitrogens with zero attached hydrogens (tertiary/aromatic N) is 1. The molecule has 1 atom stereocenters. The number of hydrogen-bond donors (Lipinski definition) is 0. The van der Waals surface area contributed by atoms with Crippen molar-refractivity contribution < 1.29 is 9.53 Å². The lowest BCUT2D eigenvalue weighted by atomic mass is 10.1. The average Bonchev–Trinajstić information content (AvgIpc) is 3.32. The molecular formula is C16H22ClNO2. The highest BCUT2D eigenvalue weighted by Crippen LogP contribution is 2.35. The van der Waals surface area contributed by atoms with E-state index in [0.717, 1.165) is 11.1 Å². The second-order valence-electron chi connectivity index (χ2n) is 5.40. The van der Waals surface area contributed by atoms with Gasteiger partial charge in [0.05, 0.1) is 6.61 Å². The average molecular weight is 296 g/mol. The van der Waals surface area contributed by atoms with Gasteiger partial charge in [0.25, 0.3) is 5.91 Å². The molecule has 1 saturated carbocycles. The van der Waals surface area contributed by atoms with E-state index in [-0.39, 0.29) is 11.9 Å². The second kappa shape index (κ2) is 7.09. The Morgan fingerprint density at radius 1 is 1.40 bits per heavy atom. The number of methoxy groups -OCH3 is 1. The van der Waals surface area contributed by atoms with Gasteiger partial charge in [-0.15, -0.1) is 11.6 Å². The molecule has 4 heteroatoms. The van der Waals surface area contributed by atoms with Gasteiger partial charge in [-0.1, -0.05) is 12.1 Å². The molecule has 2 rings (SSSR count). The van der Waals surface area contributed by atoms with E-state index in [1.165, 1.54) is 12.8 Å². The third-order valence-corrected chi connectivity index (χ3v) is 4.26. The molecule has 1 aliphatic rings. The molecule has 1 fully saturated rings. The number of alkyl halides is 1. The number of ether oxygens (including phenoxy) is 1. The first-order valence-corrected chi connectivity index (χ1v) is 7.65. The maximum Gasteiger partial charge on any atom is 0.254 e. The largest absolute Gasteiger partial charge is 0.383 e. The van der Waals surface area contributed by atoms with Crippen LogP contribution in [0.1, 0.15) is 35.7 Å². The van der Waals surface area contributed by atoms with Crippen LogP contribution in [-0.4, -0.2) is 37.1 Å². The second-order valence-corrected chi connectivity index (χ2v) is 5.67. The van der Waals surface area contributed by atoms with Gasteiger partial charge in [0.2, 0.25) is 0 Å². The van der Waals surface area contributed by atoms with Gasteiger partial charge in [-0.05, 0) is 43.4 Å². The fourth-order valence-corrected chi connectivity index (χ4v) is 2.59. The Morgan fingerprint density at radius 2 is 2.05 bits per heavy atom. The van der Waals surface area contributed by atoms with E-state index in [1.54, 1.807) is 7.11 Å². The molecule has 0 spiro atoms. The van der Waals surface area contributed by atoms with Crippen molar-refractivity contribution in [2.24, 2.45) is 5.92 Å². The van der Waals surface area contributed by atoms with Crippen LogP contribution in [0.4, 0.5) is 0 Å². The number of amides is 1. The Balaban J connectivity index is 2.10. The van der Waals surface area contributed by atoms with Crippen molar-refractivity contribution in [2.75, 3.05) is 20.3 Å².